The molecule has 1 aromatic heterocycles. The van der Waals surface area contributed by atoms with Crippen molar-refractivity contribution < 1.29 is 19.1 Å². The summed E-state index contributed by atoms with van der Waals surface area (Å²) in [4.78, 5) is 45.8. The molecular formula is C41H32Cl2N4O4S2. The largest absolute Gasteiger partial charge is 0.494 e. The molecule has 0 fully saturated rings. The number of aromatic nitrogens is 1. The number of carbonyl (C=O) groups is 3. The molecule has 0 radical (unpaired) electrons. The molecule has 0 saturated heterocycles. The van der Waals surface area contributed by atoms with Gasteiger partial charge < -0.3 is 20.7 Å². The number of hydrogen-bond acceptors (Lipinski definition) is 7. The van der Waals surface area contributed by atoms with Crippen LogP contribution in [0.1, 0.15) is 33.7 Å². The molecule has 12 heteroatoms. The van der Waals surface area contributed by atoms with Gasteiger partial charge in [-0.2, -0.15) is 0 Å². The Balaban J connectivity index is 1.16. The van der Waals surface area contributed by atoms with Gasteiger partial charge in [0.1, 0.15) is 16.7 Å². The van der Waals surface area contributed by atoms with E-state index < -0.39 is 17.1 Å². The fourth-order valence-corrected chi connectivity index (χ4v) is 7.30. The second kappa shape index (κ2) is 17.9. The SMILES string of the molecule is CCOc1ccc(-c2csc(NC(=O)C(Sc3ccc(NC(=O)/C(=C/c4ccc(Cl)cc4Cl)NC(=O)c4ccccc4)cc3)c3ccccc3)n2)cc1. The van der Waals surface area contributed by atoms with Crippen LogP contribution in [0.25, 0.3) is 17.3 Å². The number of thiazole rings is 1. The number of thioether (sulfide) groups is 1. The first-order chi connectivity index (χ1) is 25.7. The average Bonchev–Trinajstić information content (AvgIpc) is 3.64. The van der Waals surface area contributed by atoms with Gasteiger partial charge in [-0.15, -0.1) is 23.1 Å². The Hall–Kier alpha value is -5.39. The molecule has 8 nitrogen and oxygen atoms in total. The van der Waals surface area contributed by atoms with Gasteiger partial charge in [0, 0.05) is 37.1 Å². The Morgan fingerprint density at radius 3 is 2.23 bits per heavy atom. The molecule has 6 aromatic rings. The first kappa shape index (κ1) is 37.4. The third kappa shape index (κ3) is 10.1. The fourth-order valence-electron chi connectivity index (χ4n) is 5.09. The number of halogens is 2. The summed E-state index contributed by atoms with van der Waals surface area (Å²) in [6, 6.07) is 37.7. The van der Waals surface area contributed by atoms with Gasteiger partial charge in [-0.1, -0.05) is 77.8 Å². The second-order valence-corrected chi connectivity index (χ2v) is 14.3. The van der Waals surface area contributed by atoms with Crippen LogP contribution in [0.15, 0.2) is 143 Å². The van der Waals surface area contributed by atoms with E-state index in [2.05, 4.69) is 20.9 Å². The minimum atomic E-state index is -0.596. The number of nitrogens with one attached hydrogen (secondary N) is 3. The van der Waals surface area contributed by atoms with Gasteiger partial charge in [0.25, 0.3) is 11.8 Å². The van der Waals surface area contributed by atoms with E-state index in [9.17, 15) is 14.4 Å². The predicted octanol–water partition coefficient (Wildman–Crippen LogP) is 10.4. The molecule has 53 heavy (non-hydrogen) atoms. The summed E-state index contributed by atoms with van der Waals surface area (Å²) < 4.78 is 5.54. The van der Waals surface area contributed by atoms with Crippen molar-refractivity contribution in [1.29, 1.82) is 0 Å². The van der Waals surface area contributed by atoms with E-state index in [1.807, 2.05) is 79.0 Å². The molecule has 266 valence electrons. The normalized spacial score (nSPS) is 11.7. The molecule has 0 aliphatic heterocycles. The summed E-state index contributed by atoms with van der Waals surface area (Å²) in [5, 5.41) is 11.1. The van der Waals surface area contributed by atoms with E-state index >= 15 is 0 Å². The van der Waals surface area contributed by atoms with E-state index in [1.165, 1.54) is 29.2 Å². The number of benzene rings is 5. The van der Waals surface area contributed by atoms with E-state index in [4.69, 9.17) is 27.9 Å². The minimum Gasteiger partial charge on any atom is -0.494 e. The maximum Gasteiger partial charge on any atom is 0.272 e. The van der Waals surface area contributed by atoms with E-state index in [1.54, 1.807) is 60.7 Å². The zero-order valence-corrected chi connectivity index (χ0v) is 31.4. The van der Waals surface area contributed by atoms with E-state index in [0.717, 1.165) is 27.5 Å². The third-order valence-corrected chi connectivity index (χ3v) is 10.3. The molecule has 5 aromatic carbocycles. The summed E-state index contributed by atoms with van der Waals surface area (Å²) in [6.07, 6.45) is 1.49. The molecule has 6 rings (SSSR count). The average molecular weight is 780 g/mol. The number of carbonyl (C=O) groups excluding carboxylic acids is 3. The molecule has 0 aliphatic carbocycles. The van der Waals surface area contributed by atoms with Crippen LogP contribution in [-0.2, 0) is 9.59 Å². The number of nitrogens with zero attached hydrogens (tertiary/aromatic N) is 1. The molecule has 1 heterocycles. The van der Waals surface area contributed by atoms with Gasteiger partial charge in [-0.25, -0.2) is 4.98 Å². The van der Waals surface area contributed by atoms with E-state index in [-0.39, 0.29) is 11.6 Å². The summed E-state index contributed by atoms with van der Waals surface area (Å²) in [5.74, 6) is -0.461. The Kier molecular flexibility index (Phi) is 12.6. The van der Waals surface area contributed by atoms with Gasteiger partial charge >= 0.3 is 0 Å². The van der Waals surface area contributed by atoms with Crippen molar-refractivity contribution in [1.82, 2.24) is 10.3 Å². The van der Waals surface area contributed by atoms with Crippen molar-refractivity contribution in [3.8, 4) is 17.0 Å². The third-order valence-electron chi connectivity index (χ3n) is 7.69. The van der Waals surface area contributed by atoms with E-state index in [0.29, 0.717) is 38.6 Å². The second-order valence-electron chi connectivity index (χ2n) is 11.4. The lowest BCUT2D eigenvalue weighted by molar-refractivity contribution is -0.116. The van der Waals surface area contributed by atoms with Crippen molar-refractivity contribution in [2.45, 2.75) is 17.1 Å². The maximum atomic E-state index is 13.8. The molecule has 0 spiro atoms. The van der Waals surface area contributed by atoms with Crippen LogP contribution in [0.3, 0.4) is 0 Å². The number of anilines is 2. The standard InChI is InChI=1S/C41H32Cl2N4O4S2/c1-2-51-32-19-14-26(15-20-32)36-25-52-41(46-36)47-40(50)37(27-9-5-3-6-10-27)53-33-21-17-31(18-22-33)44-39(49)35(23-29-13-16-30(42)24-34(29)43)45-38(48)28-11-7-4-8-12-28/h3-25,37H,2H2,1H3,(H,44,49)(H,45,48)(H,46,47,50)/b35-23-. The molecule has 3 amide bonds. The lowest BCUT2D eigenvalue weighted by Crippen LogP contribution is -2.30. The molecule has 0 saturated carbocycles. The zero-order valence-electron chi connectivity index (χ0n) is 28.2. The number of rotatable bonds is 13. The number of amides is 3. The quantitative estimate of drug-likeness (QED) is 0.0796. The van der Waals surface area contributed by atoms with Gasteiger partial charge in [-0.3, -0.25) is 14.4 Å². The maximum absolute atomic E-state index is 13.8. The smallest absolute Gasteiger partial charge is 0.272 e. The highest BCUT2D eigenvalue weighted by Gasteiger charge is 2.24. The molecule has 0 aliphatic rings. The molecule has 1 atom stereocenters. The van der Waals surface area contributed by atoms with Gasteiger partial charge in [0.2, 0.25) is 5.91 Å². The van der Waals surface area contributed by atoms with Gasteiger partial charge in [0.05, 0.1) is 12.3 Å². The van der Waals surface area contributed by atoms with Crippen molar-refractivity contribution in [2.75, 3.05) is 17.2 Å². The first-order valence-electron chi connectivity index (χ1n) is 16.4. The molecule has 0 bridgehead atoms. The summed E-state index contributed by atoms with van der Waals surface area (Å²) in [7, 11) is 0. The van der Waals surface area contributed by atoms with Gasteiger partial charge in [0.15, 0.2) is 5.13 Å². The lowest BCUT2D eigenvalue weighted by Gasteiger charge is -2.17. The topological polar surface area (TPSA) is 109 Å². The van der Waals surface area contributed by atoms with Gasteiger partial charge in [-0.05, 0) is 96.9 Å². The van der Waals surface area contributed by atoms with Crippen LogP contribution >= 0.6 is 46.3 Å². The predicted molar refractivity (Wildman–Crippen MR) is 216 cm³/mol. The Morgan fingerprint density at radius 2 is 1.55 bits per heavy atom. The van der Waals surface area contributed by atoms with Crippen molar-refractivity contribution in [2.24, 2.45) is 0 Å². The summed E-state index contributed by atoms with van der Waals surface area (Å²) >= 11 is 15.2. The van der Waals surface area contributed by atoms with Crippen LogP contribution in [-0.4, -0.2) is 29.3 Å². The van der Waals surface area contributed by atoms with Crippen LogP contribution in [0.5, 0.6) is 5.75 Å². The van der Waals surface area contributed by atoms with Crippen LogP contribution < -0.4 is 20.7 Å². The number of ether oxygens (including phenoxy) is 1. The lowest BCUT2D eigenvalue weighted by atomic mass is 10.1. The Morgan fingerprint density at radius 1 is 0.849 bits per heavy atom. The molecular weight excluding hydrogens is 748 g/mol. The Labute approximate surface area is 325 Å². The molecule has 1 unspecified atom stereocenters. The summed E-state index contributed by atoms with van der Waals surface area (Å²) in [5.41, 5.74) is 3.83. The first-order valence-corrected chi connectivity index (χ1v) is 18.9. The Bertz CT molecular complexity index is 2230. The van der Waals surface area contributed by atoms with Crippen LogP contribution in [0.2, 0.25) is 10.0 Å². The highest BCUT2D eigenvalue weighted by molar-refractivity contribution is 8.00. The van der Waals surface area contributed by atoms with Crippen molar-refractivity contribution in [3.05, 3.63) is 165 Å². The highest BCUT2D eigenvalue weighted by Crippen LogP contribution is 2.37. The fraction of sp³-hybridized carbons (Fsp3) is 0.0732. The highest BCUT2D eigenvalue weighted by atomic mass is 35.5. The summed E-state index contributed by atoms with van der Waals surface area (Å²) in [6.45, 7) is 2.52. The van der Waals surface area contributed by atoms with Crippen LogP contribution in [0, 0.1) is 0 Å². The van der Waals surface area contributed by atoms with Crippen molar-refractivity contribution in [3.63, 3.8) is 0 Å². The number of hydrogen-bond donors (Lipinski definition) is 3. The molecule has 3 N–H and O–H groups in total. The van der Waals surface area contributed by atoms with Crippen LogP contribution in [0.4, 0.5) is 10.8 Å². The minimum absolute atomic E-state index is 0.0183. The van der Waals surface area contributed by atoms with Crippen molar-refractivity contribution >= 4 is 80.9 Å². The zero-order chi connectivity index (χ0) is 37.2. The monoisotopic (exact) mass is 778 g/mol.